The number of carboxylic acid groups (broad SMARTS) is 1. The topological polar surface area (TPSA) is 138 Å². The van der Waals surface area contributed by atoms with Gasteiger partial charge >= 0.3 is 12.0 Å². The molecule has 1 heterocycles. The van der Waals surface area contributed by atoms with Crippen molar-refractivity contribution in [1.82, 2.24) is 20.4 Å². The van der Waals surface area contributed by atoms with Crippen LogP contribution >= 0.6 is 0 Å². The summed E-state index contributed by atoms with van der Waals surface area (Å²) >= 11 is 0. The Balaban J connectivity index is 1.26. The highest BCUT2D eigenvalue weighted by atomic mass is 16.5. The van der Waals surface area contributed by atoms with Crippen LogP contribution in [0.3, 0.4) is 0 Å². The van der Waals surface area contributed by atoms with Crippen LogP contribution in [0.5, 0.6) is 0 Å². The molecule has 0 unspecified atom stereocenters. The first kappa shape index (κ1) is 32.2. The number of carbonyl (C=O) groups is 3. The lowest BCUT2D eigenvalue weighted by Crippen LogP contribution is -2.44. The average molecular weight is 616 g/mol. The van der Waals surface area contributed by atoms with Crippen LogP contribution in [0.2, 0.25) is 0 Å². The minimum Gasteiger partial charge on any atom is -0.481 e. The first-order valence-corrected chi connectivity index (χ1v) is 16.4. The second-order valence-corrected chi connectivity index (χ2v) is 12.8. The van der Waals surface area contributed by atoms with Crippen LogP contribution in [-0.4, -0.2) is 50.6 Å². The lowest BCUT2D eigenvalue weighted by atomic mass is 9.72. The van der Waals surface area contributed by atoms with E-state index in [0.29, 0.717) is 29.5 Å². The van der Waals surface area contributed by atoms with Crippen molar-refractivity contribution in [2.24, 2.45) is 11.8 Å². The molecule has 45 heavy (non-hydrogen) atoms. The van der Waals surface area contributed by atoms with Crippen LogP contribution in [0.4, 0.5) is 10.5 Å². The molecular formula is C35H45N5O5. The van der Waals surface area contributed by atoms with Crippen LogP contribution in [0, 0.1) is 11.8 Å². The highest BCUT2D eigenvalue weighted by molar-refractivity contribution is 5.94. The lowest BCUT2D eigenvalue weighted by molar-refractivity contribution is -0.136. The number of hydrogen-bond acceptors (Lipinski definition) is 6. The molecule has 1 aromatic heterocycles. The quantitative estimate of drug-likeness (QED) is 0.207. The van der Waals surface area contributed by atoms with Crippen molar-refractivity contribution in [1.29, 1.82) is 0 Å². The summed E-state index contributed by atoms with van der Waals surface area (Å²) in [7, 11) is 0. The fraction of sp³-hybridized carbons (Fsp3) is 0.514. The van der Waals surface area contributed by atoms with Gasteiger partial charge in [-0.25, -0.2) is 4.79 Å². The number of nitrogens with zero attached hydrogens (tertiary/aromatic N) is 3. The number of aliphatic carboxylic acids is 1. The average Bonchev–Trinajstić information content (AvgIpc) is 3.56. The van der Waals surface area contributed by atoms with E-state index in [1.165, 1.54) is 32.1 Å². The number of aromatic nitrogens is 2. The van der Waals surface area contributed by atoms with E-state index in [1.54, 1.807) is 12.1 Å². The third-order valence-corrected chi connectivity index (χ3v) is 9.29. The summed E-state index contributed by atoms with van der Waals surface area (Å²) in [6, 6.07) is 14.6. The van der Waals surface area contributed by atoms with Crippen LogP contribution in [0.15, 0.2) is 53.1 Å². The molecule has 2 aliphatic rings. The maximum absolute atomic E-state index is 13.8. The Kier molecular flexibility index (Phi) is 10.9. The largest absolute Gasteiger partial charge is 0.481 e. The summed E-state index contributed by atoms with van der Waals surface area (Å²) in [4.78, 5) is 43.4. The van der Waals surface area contributed by atoms with E-state index in [9.17, 15) is 14.4 Å². The van der Waals surface area contributed by atoms with Crippen molar-refractivity contribution in [3.05, 3.63) is 65.5 Å². The van der Waals surface area contributed by atoms with Gasteiger partial charge < -0.3 is 25.2 Å². The number of urea groups is 1. The zero-order valence-corrected chi connectivity index (χ0v) is 26.3. The molecule has 2 saturated carbocycles. The minimum atomic E-state index is -0.959. The molecule has 5 rings (SSSR count). The lowest BCUT2D eigenvalue weighted by Gasteiger charge is -2.40. The molecule has 10 heteroatoms. The number of anilines is 1. The Labute approximate surface area is 265 Å². The predicted molar refractivity (Wildman–Crippen MR) is 172 cm³/mol. The fourth-order valence-electron chi connectivity index (χ4n) is 6.68. The van der Waals surface area contributed by atoms with Gasteiger partial charge in [0.15, 0.2) is 5.82 Å². The molecule has 0 radical (unpaired) electrons. The van der Waals surface area contributed by atoms with Crippen LogP contribution in [-0.2, 0) is 11.3 Å². The summed E-state index contributed by atoms with van der Waals surface area (Å²) in [5.41, 5.74) is 2.85. The number of nitrogens with one attached hydrogen (secondary N) is 2. The van der Waals surface area contributed by atoms with Gasteiger partial charge in [-0.05, 0) is 79.5 Å². The molecule has 2 aliphatic carbocycles. The normalized spacial score (nSPS) is 18.8. The Morgan fingerprint density at radius 1 is 0.911 bits per heavy atom. The van der Waals surface area contributed by atoms with E-state index < -0.39 is 5.97 Å². The van der Waals surface area contributed by atoms with Gasteiger partial charge in [-0.2, -0.15) is 4.98 Å². The van der Waals surface area contributed by atoms with Crippen molar-refractivity contribution in [2.75, 3.05) is 11.9 Å². The molecule has 240 valence electrons. The monoisotopic (exact) mass is 615 g/mol. The van der Waals surface area contributed by atoms with Gasteiger partial charge in [-0.15, -0.1) is 0 Å². The van der Waals surface area contributed by atoms with Crippen molar-refractivity contribution >= 4 is 23.6 Å². The zero-order valence-electron chi connectivity index (χ0n) is 26.3. The summed E-state index contributed by atoms with van der Waals surface area (Å²) < 4.78 is 5.42. The standard InChI is InChI=1S/C35H45N5O5/c1-23(2)32-38-34(45-39-32)28-12-16-29(17-13-28)37-35(44)40(30-18-14-26(15-19-30)25-6-4-3-5-7-25)22-24-8-10-27(11-9-24)33(43)36-21-20-31(41)42/h8-13,16-17,23,25-26,30H,3-7,14-15,18-22H2,1-2H3,(H,36,43)(H,37,44)(H,41,42). The van der Waals surface area contributed by atoms with Gasteiger partial charge in [0.25, 0.3) is 11.8 Å². The molecule has 10 nitrogen and oxygen atoms in total. The first-order chi connectivity index (χ1) is 21.8. The van der Waals surface area contributed by atoms with Crippen molar-refractivity contribution in [3.63, 3.8) is 0 Å². The highest BCUT2D eigenvalue weighted by Crippen LogP contribution is 2.39. The Hall–Kier alpha value is -4.21. The highest BCUT2D eigenvalue weighted by Gasteiger charge is 2.33. The van der Waals surface area contributed by atoms with Crippen LogP contribution in [0.25, 0.3) is 11.5 Å². The maximum atomic E-state index is 13.8. The van der Waals surface area contributed by atoms with Gasteiger partial charge in [0.2, 0.25) is 0 Å². The van der Waals surface area contributed by atoms with Crippen molar-refractivity contribution < 1.29 is 24.0 Å². The number of carboxylic acids is 1. The maximum Gasteiger partial charge on any atom is 0.322 e. The van der Waals surface area contributed by atoms with Gasteiger partial charge in [-0.1, -0.05) is 63.2 Å². The van der Waals surface area contributed by atoms with Crippen LogP contribution in [0.1, 0.15) is 106 Å². The van der Waals surface area contributed by atoms with E-state index in [1.807, 2.05) is 55.1 Å². The SMILES string of the molecule is CC(C)c1noc(-c2ccc(NC(=O)N(Cc3ccc(C(=O)NCCC(=O)O)cc3)C3CCC(C4CCCCC4)CC3)cc2)n1. The number of rotatable bonds is 11. The third kappa shape index (κ3) is 8.71. The molecule has 2 fully saturated rings. The van der Waals surface area contributed by atoms with E-state index in [0.717, 1.165) is 48.6 Å². The summed E-state index contributed by atoms with van der Waals surface area (Å²) in [5.74, 6) is 1.57. The smallest absolute Gasteiger partial charge is 0.322 e. The summed E-state index contributed by atoms with van der Waals surface area (Å²) in [6.07, 6.45) is 10.8. The molecule has 0 bridgehead atoms. The zero-order chi connectivity index (χ0) is 31.8. The van der Waals surface area contributed by atoms with E-state index in [2.05, 4.69) is 20.8 Å². The minimum absolute atomic E-state index is 0.0717. The van der Waals surface area contributed by atoms with Crippen molar-refractivity contribution in [2.45, 2.75) is 96.6 Å². The molecule has 0 spiro atoms. The van der Waals surface area contributed by atoms with E-state index >= 15 is 0 Å². The molecule has 0 atom stereocenters. The van der Waals surface area contributed by atoms with Crippen LogP contribution < -0.4 is 10.6 Å². The Bertz CT molecular complexity index is 1420. The third-order valence-electron chi connectivity index (χ3n) is 9.29. The molecule has 3 N–H and O–H groups in total. The Morgan fingerprint density at radius 3 is 2.20 bits per heavy atom. The molecule has 3 amide bonds. The number of amides is 3. The van der Waals surface area contributed by atoms with Gasteiger partial charge in [0.1, 0.15) is 0 Å². The number of hydrogen-bond donors (Lipinski definition) is 3. The van der Waals surface area contributed by atoms with Gasteiger partial charge in [0.05, 0.1) is 6.42 Å². The second-order valence-electron chi connectivity index (χ2n) is 12.8. The van der Waals surface area contributed by atoms with E-state index in [4.69, 9.17) is 9.63 Å². The summed E-state index contributed by atoms with van der Waals surface area (Å²) in [6.45, 7) is 4.52. The fourth-order valence-corrected chi connectivity index (χ4v) is 6.68. The molecule has 2 aromatic carbocycles. The number of carbonyl (C=O) groups excluding carboxylic acids is 2. The van der Waals surface area contributed by atoms with Gasteiger partial charge in [0, 0.05) is 41.9 Å². The molecule has 3 aromatic rings. The summed E-state index contributed by atoms with van der Waals surface area (Å²) in [5, 5.41) is 18.6. The second kappa shape index (κ2) is 15.2. The first-order valence-electron chi connectivity index (χ1n) is 16.4. The molecular weight excluding hydrogens is 570 g/mol. The molecule has 0 aliphatic heterocycles. The Morgan fingerprint density at radius 2 is 1.58 bits per heavy atom. The van der Waals surface area contributed by atoms with Crippen molar-refractivity contribution in [3.8, 4) is 11.5 Å². The number of benzene rings is 2. The van der Waals surface area contributed by atoms with E-state index in [-0.39, 0.29) is 36.9 Å². The predicted octanol–water partition coefficient (Wildman–Crippen LogP) is 7.24. The van der Waals surface area contributed by atoms with Gasteiger partial charge in [-0.3, -0.25) is 9.59 Å². The molecule has 0 saturated heterocycles.